The van der Waals surface area contributed by atoms with Crippen molar-refractivity contribution in [3.63, 3.8) is 0 Å². The van der Waals surface area contributed by atoms with E-state index in [0.717, 1.165) is 15.9 Å². The molecular weight excluding hydrogens is 398 g/mol. The van der Waals surface area contributed by atoms with Gasteiger partial charge in [0.05, 0.1) is 10.2 Å². The third-order valence-corrected chi connectivity index (χ3v) is 5.16. The van der Waals surface area contributed by atoms with Gasteiger partial charge >= 0.3 is 0 Å². The molecule has 0 atom stereocenters. The van der Waals surface area contributed by atoms with Crippen molar-refractivity contribution in [1.29, 1.82) is 0 Å². The predicted molar refractivity (Wildman–Crippen MR) is 100 cm³/mol. The van der Waals surface area contributed by atoms with Crippen molar-refractivity contribution in [3.05, 3.63) is 43.8 Å². The molecule has 0 unspecified atom stereocenters. The molecular formula is C16H17BrClN3OS. The van der Waals surface area contributed by atoms with Crippen LogP contribution in [0.25, 0.3) is 11.1 Å². The molecule has 0 aliphatic rings. The molecule has 3 rings (SSSR count). The number of nitrogens with two attached hydrogens (primary N) is 1. The molecule has 3 heterocycles. The third-order valence-electron chi connectivity index (χ3n) is 3.27. The standard InChI is InChI=1S/C16H17BrClN3OS/c1-16(2,19)7-11-13(17)14-15(22-11)10(6-12(18)21-14)20-8-9-4-3-5-23-9/h3-6H,7-8,19H2,1-2H3,(H,20,21). The molecule has 23 heavy (non-hydrogen) atoms. The van der Waals surface area contributed by atoms with Gasteiger partial charge in [-0.05, 0) is 41.2 Å². The molecule has 0 spiro atoms. The summed E-state index contributed by atoms with van der Waals surface area (Å²) in [5, 5.41) is 5.85. The lowest BCUT2D eigenvalue weighted by molar-refractivity contribution is 0.444. The van der Waals surface area contributed by atoms with E-state index in [1.807, 2.05) is 19.9 Å². The molecule has 4 nitrogen and oxygen atoms in total. The smallest absolute Gasteiger partial charge is 0.177 e. The number of fused-ring (bicyclic) bond motifs is 1. The van der Waals surface area contributed by atoms with Crippen LogP contribution in [0.15, 0.2) is 32.5 Å². The van der Waals surface area contributed by atoms with E-state index in [1.165, 1.54) is 4.88 Å². The van der Waals surface area contributed by atoms with Crippen LogP contribution in [0.5, 0.6) is 0 Å². The quantitative estimate of drug-likeness (QED) is 0.563. The minimum absolute atomic E-state index is 0.370. The van der Waals surface area contributed by atoms with Crippen LogP contribution in [0.1, 0.15) is 24.5 Å². The van der Waals surface area contributed by atoms with Crippen molar-refractivity contribution in [1.82, 2.24) is 4.98 Å². The van der Waals surface area contributed by atoms with Gasteiger partial charge in [-0.25, -0.2) is 4.98 Å². The van der Waals surface area contributed by atoms with Crippen LogP contribution in [-0.4, -0.2) is 10.5 Å². The number of halogens is 2. The van der Waals surface area contributed by atoms with Gasteiger partial charge < -0.3 is 15.5 Å². The summed E-state index contributed by atoms with van der Waals surface area (Å²) in [5.74, 6) is 0.779. The highest BCUT2D eigenvalue weighted by Crippen LogP contribution is 2.36. The van der Waals surface area contributed by atoms with Gasteiger partial charge in [0.15, 0.2) is 5.58 Å². The predicted octanol–water partition coefficient (Wildman–Crippen LogP) is 5.20. The van der Waals surface area contributed by atoms with Gasteiger partial charge in [0.2, 0.25) is 0 Å². The molecule has 3 aromatic heterocycles. The second-order valence-electron chi connectivity index (χ2n) is 6.11. The lowest BCUT2D eigenvalue weighted by Crippen LogP contribution is -2.34. The Labute approximate surface area is 152 Å². The van der Waals surface area contributed by atoms with E-state index >= 15 is 0 Å². The van der Waals surface area contributed by atoms with Gasteiger partial charge in [-0.1, -0.05) is 17.7 Å². The molecule has 3 N–H and O–H groups in total. The number of pyridine rings is 1. The van der Waals surface area contributed by atoms with E-state index in [4.69, 9.17) is 21.8 Å². The van der Waals surface area contributed by atoms with Gasteiger partial charge in [-0.3, -0.25) is 0 Å². The molecule has 0 bridgehead atoms. The van der Waals surface area contributed by atoms with Crippen molar-refractivity contribution in [2.45, 2.75) is 32.4 Å². The summed E-state index contributed by atoms with van der Waals surface area (Å²) in [6, 6.07) is 5.89. The van der Waals surface area contributed by atoms with Crippen LogP contribution in [-0.2, 0) is 13.0 Å². The van der Waals surface area contributed by atoms with Crippen LogP contribution < -0.4 is 11.1 Å². The van der Waals surface area contributed by atoms with Crippen molar-refractivity contribution in [2.24, 2.45) is 5.73 Å². The average molecular weight is 415 g/mol. The van der Waals surface area contributed by atoms with E-state index < -0.39 is 0 Å². The summed E-state index contributed by atoms with van der Waals surface area (Å²) >= 11 is 11.4. The molecule has 0 saturated carbocycles. The van der Waals surface area contributed by atoms with E-state index in [1.54, 1.807) is 17.4 Å². The summed E-state index contributed by atoms with van der Waals surface area (Å²) in [5.41, 5.74) is 7.97. The zero-order valence-corrected chi connectivity index (χ0v) is 16.0. The minimum atomic E-state index is -0.370. The zero-order valence-electron chi connectivity index (χ0n) is 12.8. The summed E-state index contributed by atoms with van der Waals surface area (Å²) in [7, 11) is 0. The van der Waals surface area contributed by atoms with E-state index in [2.05, 4.69) is 37.7 Å². The monoisotopic (exact) mass is 413 g/mol. The summed E-state index contributed by atoms with van der Waals surface area (Å²) < 4.78 is 6.84. The summed E-state index contributed by atoms with van der Waals surface area (Å²) in [6.07, 6.45) is 0.603. The second-order valence-corrected chi connectivity index (χ2v) is 8.32. The number of anilines is 1. The number of hydrogen-bond donors (Lipinski definition) is 2. The highest BCUT2D eigenvalue weighted by Gasteiger charge is 2.22. The lowest BCUT2D eigenvalue weighted by atomic mass is 10.0. The van der Waals surface area contributed by atoms with Gasteiger partial charge in [-0.2, -0.15) is 0 Å². The largest absolute Gasteiger partial charge is 0.456 e. The van der Waals surface area contributed by atoms with Crippen molar-refractivity contribution in [3.8, 4) is 0 Å². The van der Waals surface area contributed by atoms with Crippen LogP contribution in [0.4, 0.5) is 5.69 Å². The van der Waals surface area contributed by atoms with Crippen LogP contribution in [0, 0.1) is 0 Å². The fourth-order valence-corrected chi connectivity index (χ4v) is 3.64. The first-order chi connectivity index (χ1) is 10.8. The number of nitrogens with one attached hydrogen (secondary N) is 1. The van der Waals surface area contributed by atoms with Crippen LogP contribution in [0.2, 0.25) is 5.15 Å². The fourth-order valence-electron chi connectivity index (χ4n) is 2.31. The Balaban J connectivity index is 1.98. The van der Waals surface area contributed by atoms with Crippen molar-refractivity contribution in [2.75, 3.05) is 5.32 Å². The molecule has 0 radical (unpaired) electrons. The maximum atomic E-state index is 6.16. The number of aromatic nitrogens is 1. The maximum absolute atomic E-state index is 6.16. The topological polar surface area (TPSA) is 64.1 Å². The Morgan fingerprint density at radius 2 is 2.26 bits per heavy atom. The zero-order chi connectivity index (χ0) is 16.6. The Kier molecular flexibility index (Phi) is 4.69. The van der Waals surface area contributed by atoms with Crippen LogP contribution in [0.3, 0.4) is 0 Å². The summed E-state index contributed by atoms with van der Waals surface area (Å²) in [6.45, 7) is 4.63. The molecule has 7 heteroatoms. The number of furan rings is 1. The number of rotatable bonds is 5. The van der Waals surface area contributed by atoms with Gasteiger partial charge in [0, 0.05) is 29.4 Å². The van der Waals surface area contributed by atoms with Crippen LogP contribution >= 0.6 is 38.9 Å². The Bertz CT molecular complexity index is 824. The SMILES string of the molecule is CC(C)(N)Cc1oc2c(NCc3cccs3)cc(Cl)nc2c1Br. The first-order valence-electron chi connectivity index (χ1n) is 7.16. The number of nitrogens with zero attached hydrogens (tertiary/aromatic N) is 1. The number of thiophene rings is 1. The molecule has 0 aliphatic carbocycles. The molecule has 0 aromatic carbocycles. The first-order valence-corrected chi connectivity index (χ1v) is 9.21. The Hall–Kier alpha value is -1.08. The van der Waals surface area contributed by atoms with E-state index in [-0.39, 0.29) is 5.54 Å². The van der Waals surface area contributed by atoms with Gasteiger partial charge in [0.1, 0.15) is 16.4 Å². The van der Waals surface area contributed by atoms with Gasteiger partial charge in [-0.15, -0.1) is 11.3 Å². The number of hydrogen-bond acceptors (Lipinski definition) is 5. The van der Waals surface area contributed by atoms with Gasteiger partial charge in [0.25, 0.3) is 0 Å². The Morgan fingerprint density at radius 3 is 2.91 bits per heavy atom. The molecule has 0 amide bonds. The highest BCUT2D eigenvalue weighted by molar-refractivity contribution is 9.10. The van der Waals surface area contributed by atoms with Crippen molar-refractivity contribution >= 4 is 55.7 Å². The molecule has 0 fully saturated rings. The molecule has 3 aromatic rings. The fraction of sp³-hybridized carbons (Fsp3) is 0.312. The van der Waals surface area contributed by atoms with E-state index in [0.29, 0.717) is 29.2 Å². The first kappa shape index (κ1) is 16.8. The third kappa shape index (κ3) is 3.88. The Morgan fingerprint density at radius 1 is 1.48 bits per heavy atom. The average Bonchev–Trinajstić information content (AvgIpc) is 3.06. The van der Waals surface area contributed by atoms with E-state index in [9.17, 15) is 0 Å². The maximum Gasteiger partial charge on any atom is 0.177 e. The van der Waals surface area contributed by atoms with Crippen molar-refractivity contribution < 1.29 is 4.42 Å². The molecule has 122 valence electrons. The minimum Gasteiger partial charge on any atom is -0.456 e. The molecule has 0 saturated heterocycles. The second kappa shape index (κ2) is 6.43. The highest BCUT2D eigenvalue weighted by atomic mass is 79.9. The molecule has 0 aliphatic heterocycles. The summed E-state index contributed by atoms with van der Waals surface area (Å²) in [4.78, 5) is 5.61. The normalized spacial score (nSPS) is 12.0. The lowest BCUT2D eigenvalue weighted by Gasteiger charge is -2.16.